The first-order valence-electron chi connectivity index (χ1n) is 4.00. The molecule has 0 aliphatic carbocycles. The molecule has 0 aromatic carbocycles. The third-order valence-corrected chi connectivity index (χ3v) is 1.74. The summed E-state index contributed by atoms with van der Waals surface area (Å²) in [6.45, 7) is 0.885. The van der Waals surface area contributed by atoms with Gasteiger partial charge in [0.25, 0.3) is 0 Å². The molecule has 0 spiro atoms. The van der Waals surface area contributed by atoms with Crippen LogP contribution in [0.2, 0.25) is 0 Å². The molecule has 0 atom stereocenters. The van der Waals surface area contributed by atoms with Gasteiger partial charge in [0.2, 0.25) is 0 Å². The van der Waals surface area contributed by atoms with Crippen LogP contribution in [0, 0.1) is 0 Å². The van der Waals surface area contributed by atoms with Crippen molar-refractivity contribution in [2.24, 2.45) is 0 Å². The Kier molecular flexibility index (Phi) is 3.05. The molecule has 1 N–H and O–H groups in total. The van der Waals surface area contributed by atoms with Crippen LogP contribution in [0.25, 0.3) is 0 Å². The topological polar surface area (TPSA) is 28.2 Å². The highest BCUT2D eigenvalue weighted by Gasteiger charge is 2.01. The average molecular weight is 165 g/mol. The molecule has 1 rings (SSSR count). The van der Waals surface area contributed by atoms with E-state index in [-0.39, 0.29) is 0 Å². The fraction of sp³-hybridized carbons (Fsp3) is 0.444. The summed E-state index contributed by atoms with van der Waals surface area (Å²) in [4.78, 5) is 6.15. The second-order valence-electron chi connectivity index (χ2n) is 2.93. The summed E-state index contributed by atoms with van der Waals surface area (Å²) in [7, 11) is 5.99. The van der Waals surface area contributed by atoms with Gasteiger partial charge in [-0.15, -0.1) is 0 Å². The van der Waals surface area contributed by atoms with Gasteiger partial charge in [-0.3, -0.25) is 4.98 Å². The number of pyridine rings is 1. The first-order chi connectivity index (χ1) is 5.75. The minimum Gasteiger partial charge on any atom is -0.376 e. The van der Waals surface area contributed by atoms with E-state index >= 15 is 0 Å². The van der Waals surface area contributed by atoms with Crippen LogP contribution >= 0.6 is 0 Å². The standard InChI is InChI=1S/C9H15N3/c1-10-6-8-4-5-11-7-9(8)12(2)3/h4-5,7,10H,6H2,1-3H3. The molecule has 12 heavy (non-hydrogen) atoms. The van der Waals surface area contributed by atoms with E-state index in [1.165, 1.54) is 11.3 Å². The normalized spacial score (nSPS) is 9.92. The number of anilines is 1. The van der Waals surface area contributed by atoms with E-state index in [1.807, 2.05) is 39.6 Å². The number of rotatable bonds is 3. The van der Waals surface area contributed by atoms with Crippen molar-refractivity contribution in [2.75, 3.05) is 26.0 Å². The van der Waals surface area contributed by atoms with Crippen LogP contribution in [0.5, 0.6) is 0 Å². The van der Waals surface area contributed by atoms with Crippen molar-refractivity contribution in [1.82, 2.24) is 10.3 Å². The molecule has 3 nitrogen and oxygen atoms in total. The van der Waals surface area contributed by atoms with Gasteiger partial charge in [0.1, 0.15) is 0 Å². The quantitative estimate of drug-likeness (QED) is 0.720. The van der Waals surface area contributed by atoms with Crippen molar-refractivity contribution in [3.05, 3.63) is 24.0 Å². The van der Waals surface area contributed by atoms with E-state index < -0.39 is 0 Å². The van der Waals surface area contributed by atoms with Crippen molar-refractivity contribution in [2.45, 2.75) is 6.54 Å². The number of hydrogen-bond donors (Lipinski definition) is 1. The molecule has 0 bridgehead atoms. The Labute approximate surface area is 73.4 Å². The zero-order valence-electron chi connectivity index (χ0n) is 7.83. The second kappa shape index (κ2) is 4.07. The van der Waals surface area contributed by atoms with Crippen LogP contribution in [0.4, 0.5) is 5.69 Å². The van der Waals surface area contributed by atoms with E-state index in [0.29, 0.717) is 0 Å². The zero-order chi connectivity index (χ0) is 8.97. The Morgan fingerprint density at radius 3 is 2.83 bits per heavy atom. The van der Waals surface area contributed by atoms with E-state index in [1.54, 1.807) is 0 Å². The maximum atomic E-state index is 4.08. The molecule has 66 valence electrons. The Bertz CT molecular complexity index is 245. The molecular weight excluding hydrogens is 150 g/mol. The van der Waals surface area contributed by atoms with Crippen LogP contribution in [-0.2, 0) is 6.54 Å². The zero-order valence-corrected chi connectivity index (χ0v) is 7.83. The molecule has 0 saturated carbocycles. The summed E-state index contributed by atoms with van der Waals surface area (Å²) in [5, 5.41) is 3.12. The summed E-state index contributed by atoms with van der Waals surface area (Å²) in [6.07, 6.45) is 3.70. The molecule has 0 radical (unpaired) electrons. The van der Waals surface area contributed by atoms with Gasteiger partial charge in [0, 0.05) is 26.8 Å². The first-order valence-corrected chi connectivity index (χ1v) is 4.00. The summed E-state index contributed by atoms with van der Waals surface area (Å²) in [5.74, 6) is 0. The number of nitrogens with one attached hydrogen (secondary N) is 1. The monoisotopic (exact) mass is 165 g/mol. The van der Waals surface area contributed by atoms with E-state index in [0.717, 1.165) is 6.54 Å². The Morgan fingerprint density at radius 2 is 2.25 bits per heavy atom. The van der Waals surface area contributed by atoms with Gasteiger partial charge in [0.05, 0.1) is 11.9 Å². The lowest BCUT2D eigenvalue weighted by Gasteiger charge is -2.16. The van der Waals surface area contributed by atoms with Crippen LogP contribution in [-0.4, -0.2) is 26.1 Å². The van der Waals surface area contributed by atoms with Crippen LogP contribution < -0.4 is 10.2 Å². The van der Waals surface area contributed by atoms with Crippen molar-refractivity contribution in [3.63, 3.8) is 0 Å². The largest absolute Gasteiger partial charge is 0.376 e. The van der Waals surface area contributed by atoms with Crippen LogP contribution in [0.15, 0.2) is 18.5 Å². The number of aromatic nitrogens is 1. The average Bonchev–Trinajstić information content (AvgIpc) is 2.05. The summed E-state index contributed by atoms with van der Waals surface area (Å²) in [5.41, 5.74) is 2.45. The van der Waals surface area contributed by atoms with Gasteiger partial charge < -0.3 is 10.2 Å². The summed E-state index contributed by atoms with van der Waals surface area (Å²) < 4.78 is 0. The second-order valence-corrected chi connectivity index (χ2v) is 2.93. The van der Waals surface area contributed by atoms with Gasteiger partial charge in [-0.1, -0.05) is 0 Å². The van der Waals surface area contributed by atoms with E-state index in [9.17, 15) is 0 Å². The smallest absolute Gasteiger partial charge is 0.0593 e. The highest BCUT2D eigenvalue weighted by atomic mass is 15.1. The van der Waals surface area contributed by atoms with Gasteiger partial charge >= 0.3 is 0 Å². The minimum atomic E-state index is 0.885. The molecule has 0 aliphatic heterocycles. The van der Waals surface area contributed by atoms with Gasteiger partial charge in [0.15, 0.2) is 0 Å². The fourth-order valence-electron chi connectivity index (χ4n) is 1.16. The first kappa shape index (κ1) is 9.00. The SMILES string of the molecule is CNCc1ccncc1N(C)C. The van der Waals surface area contributed by atoms with E-state index in [2.05, 4.69) is 15.2 Å². The van der Waals surface area contributed by atoms with Crippen molar-refractivity contribution < 1.29 is 0 Å². The van der Waals surface area contributed by atoms with Crippen molar-refractivity contribution in [3.8, 4) is 0 Å². The van der Waals surface area contributed by atoms with Gasteiger partial charge in [-0.2, -0.15) is 0 Å². The van der Waals surface area contributed by atoms with E-state index in [4.69, 9.17) is 0 Å². The predicted molar refractivity (Wildman–Crippen MR) is 51.3 cm³/mol. The summed E-state index contributed by atoms with van der Waals surface area (Å²) >= 11 is 0. The number of nitrogens with zero attached hydrogens (tertiary/aromatic N) is 2. The maximum Gasteiger partial charge on any atom is 0.0593 e. The van der Waals surface area contributed by atoms with Crippen molar-refractivity contribution in [1.29, 1.82) is 0 Å². The minimum absolute atomic E-state index is 0.885. The molecule has 0 aliphatic rings. The van der Waals surface area contributed by atoms with Crippen LogP contribution in [0.1, 0.15) is 5.56 Å². The lowest BCUT2D eigenvalue weighted by atomic mass is 10.2. The third kappa shape index (κ3) is 1.95. The molecular formula is C9H15N3. The lowest BCUT2D eigenvalue weighted by molar-refractivity contribution is 0.812. The third-order valence-electron chi connectivity index (χ3n) is 1.74. The fourth-order valence-corrected chi connectivity index (χ4v) is 1.16. The van der Waals surface area contributed by atoms with Crippen LogP contribution in [0.3, 0.4) is 0 Å². The molecule has 1 aromatic heterocycles. The maximum absolute atomic E-state index is 4.08. The summed E-state index contributed by atoms with van der Waals surface area (Å²) in [6, 6.07) is 2.03. The lowest BCUT2D eigenvalue weighted by Crippen LogP contribution is -2.14. The Morgan fingerprint density at radius 1 is 1.50 bits per heavy atom. The van der Waals surface area contributed by atoms with Crippen molar-refractivity contribution >= 4 is 5.69 Å². The molecule has 0 unspecified atom stereocenters. The highest BCUT2D eigenvalue weighted by Crippen LogP contribution is 2.15. The van der Waals surface area contributed by atoms with Gasteiger partial charge in [-0.05, 0) is 18.7 Å². The predicted octanol–water partition coefficient (Wildman–Crippen LogP) is 0.867. The molecule has 0 amide bonds. The highest BCUT2D eigenvalue weighted by molar-refractivity contribution is 5.50. The molecule has 3 heteroatoms. The number of hydrogen-bond acceptors (Lipinski definition) is 3. The van der Waals surface area contributed by atoms with Gasteiger partial charge in [-0.25, -0.2) is 0 Å². The molecule has 0 saturated heterocycles. The molecule has 0 fully saturated rings. The Balaban J connectivity index is 2.92. The molecule has 1 heterocycles. The molecule has 1 aromatic rings. The Hall–Kier alpha value is -1.09.